The normalized spacial score (nSPS) is 10.6. The topological polar surface area (TPSA) is 110 Å². The Morgan fingerprint density at radius 2 is 1.81 bits per heavy atom. The van der Waals surface area contributed by atoms with Gasteiger partial charge in [-0.25, -0.2) is 18.3 Å². The number of halogens is 5. The van der Waals surface area contributed by atoms with Gasteiger partial charge in [0.2, 0.25) is 5.82 Å². The van der Waals surface area contributed by atoms with E-state index in [0.717, 1.165) is 23.0 Å². The number of alkyl halides is 3. The molecule has 1 heterocycles. The summed E-state index contributed by atoms with van der Waals surface area (Å²) in [5, 5.41) is 24.9. The van der Waals surface area contributed by atoms with Crippen LogP contribution in [0.2, 0.25) is 10.0 Å². The molecule has 0 atom stereocenters. The maximum absolute atomic E-state index is 12.7. The van der Waals surface area contributed by atoms with E-state index in [0.29, 0.717) is 5.38 Å². The van der Waals surface area contributed by atoms with E-state index in [-0.39, 0.29) is 15.7 Å². The SMILES string of the molecule is CC(C)Cl.O=C(O)Nc1c([N+](=O)[O-])cnn1-c1c(Cl)cc(C(F)F)cc1Cl. The highest BCUT2D eigenvalue weighted by Gasteiger charge is 2.26. The van der Waals surface area contributed by atoms with Crippen molar-refractivity contribution in [1.29, 1.82) is 0 Å². The zero-order valence-corrected chi connectivity index (χ0v) is 16.1. The number of carboxylic acid groups (broad SMARTS) is 1. The highest BCUT2D eigenvalue weighted by Crippen LogP contribution is 2.37. The van der Waals surface area contributed by atoms with E-state index in [4.69, 9.17) is 39.9 Å². The van der Waals surface area contributed by atoms with Crippen molar-refractivity contribution in [3.63, 3.8) is 0 Å². The van der Waals surface area contributed by atoms with Crippen molar-refractivity contribution in [1.82, 2.24) is 9.78 Å². The minimum atomic E-state index is -2.83. The molecular weight excluding hydrogens is 433 g/mol. The lowest BCUT2D eigenvalue weighted by atomic mass is 10.2. The average molecular weight is 446 g/mol. The van der Waals surface area contributed by atoms with Crippen molar-refractivity contribution in [2.24, 2.45) is 0 Å². The molecule has 0 bridgehead atoms. The molecule has 0 saturated heterocycles. The first kappa shape index (κ1) is 22.9. The second kappa shape index (κ2) is 9.67. The first-order valence-corrected chi connectivity index (χ1v) is 8.28. The standard InChI is InChI=1S/C11H6Cl2F2N4O4.C3H7Cl/c12-5-1-4(9(14)15)2-6(13)8(5)18-10(17-11(20)21)7(3-16-18)19(22)23;1-3(2)4/h1-3,9,17H,(H,20,21);3H,1-2H3. The van der Waals surface area contributed by atoms with Crippen molar-refractivity contribution >= 4 is 52.4 Å². The van der Waals surface area contributed by atoms with Gasteiger partial charge in [0, 0.05) is 10.9 Å². The largest absolute Gasteiger partial charge is 0.465 e. The number of hydrogen-bond acceptors (Lipinski definition) is 4. The van der Waals surface area contributed by atoms with Gasteiger partial charge in [0.15, 0.2) is 0 Å². The molecule has 0 aliphatic carbocycles. The maximum atomic E-state index is 12.7. The van der Waals surface area contributed by atoms with E-state index >= 15 is 0 Å². The Morgan fingerprint density at radius 1 is 1.33 bits per heavy atom. The van der Waals surface area contributed by atoms with Gasteiger partial charge in [-0.2, -0.15) is 5.10 Å². The number of anilines is 1. The van der Waals surface area contributed by atoms with Crippen LogP contribution >= 0.6 is 34.8 Å². The number of hydrogen-bond donors (Lipinski definition) is 2. The summed E-state index contributed by atoms with van der Waals surface area (Å²) in [5.41, 5.74) is -1.29. The van der Waals surface area contributed by atoms with Crippen LogP contribution in [0.25, 0.3) is 5.69 Å². The van der Waals surface area contributed by atoms with E-state index in [2.05, 4.69) is 5.10 Å². The van der Waals surface area contributed by atoms with Crippen LogP contribution in [0.4, 0.5) is 25.1 Å². The Labute approximate surface area is 166 Å². The first-order chi connectivity index (χ1) is 12.5. The molecule has 2 aromatic rings. The predicted molar refractivity (Wildman–Crippen MR) is 97.8 cm³/mol. The summed E-state index contributed by atoms with van der Waals surface area (Å²) < 4.78 is 26.2. The van der Waals surface area contributed by atoms with Gasteiger partial charge < -0.3 is 5.11 Å². The monoisotopic (exact) mass is 444 g/mol. The quantitative estimate of drug-likeness (QED) is 0.354. The molecule has 0 aliphatic rings. The molecule has 1 amide bonds. The molecule has 2 N–H and O–H groups in total. The predicted octanol–water partition coefficient (Wildman–Crippen LogP) is 5.75. The Morgan fingerprint density at radius 3 is 2.19 bits per heavy atom. The fraction of sp³-hybridized carbons (Fsp3) is 0.286. The Kier molecular flexibility index (Phi) is 8.20. The van der Waals surface area contributed by atoms with Crippen LogP contribution in [0.1, 0.15) is 25.8 Å². The zero-order chi connectivity index (χ0) is 20.9. The lowest BCUT2D eigenvalue weighted by Crippen LogP contribution is -2.13. The third kappa shape index (κ3) is 6.19. The van der Waals surface area contributed by atoms with Gasteiger partial charge in [-0.3, -0.25) is 15.4 Å². The molecule has 27 heavy (non-hydrogen) atoms. The van der Waals surface area contributed by atoms with E-state index in [1.807, 2.05) is 13.8 Å². The highest BCUT2D eigenvalue weighted by atomic mass is 35.5. The molecule has 1 aromatic heterocycles. The van der Waals surface area contributed by atoms with Crippen LogP contribution in [-0.2, 0) is 0 Å². The number of rotatable bonds is 4. The number of nitro groups is 1. The second-order valence-corrected chi connectivity index (χ2v) is 6.81. The van der Waals surface area contributed by atoms with Crippen LogP contribution < -0.4 is 5.32 Å². The number of carbonyl (C=O) groups is 1. The lowest BCUT2D eigenvalue weighted by molar-refractivity contribution is -0.384. The van der Waals surface area contributed by atoms with Gasteiger partial charge in [0.05, 0.1) is 15.0 Å². The van der Waals surface area contributed by atoms with Gasteiger partial charge in [0.1, 0.15) is 11.9 Å². The van der Waals surface area contributed by atoms with Crippen molar-refractivity contribution in [2.75, 3.05) is 5.32 Å². The number of amides is 1. The van der Waals surface area contributed by atoms with Gasteiger partial charge in [-0.05, 0) is 26.0 Å². The fourth-order valence-corrected chi connectivity index (χ4v) is 2.44. The molecule has 0 saturated carbocycles. The molecule has 148 valence electrons. The summed E-state index contributed by atoms with van der Waals surface area (Å²) in [6.07, 6.45) is -3.65. The minimum absolute atomic E-state index is 0.172. The summed E-state index contributed by atoms with van der Waals surface area (Å²) in [6.45, 7) is 3.86. The average Bonchev–Trinajstić information content (AvgIpc) is 2.88. The molecule has 0 aliphatic heterocycles. The van der Waals surface area contributed by atoms with Crippen LogP contribution in [0.3, 0.4) is 0 Å². The summed E-state index contributed by atoms with van der Waals surface area (Å²) >= 11 is 17.0. The molecular formula is C14H13Cl3F2N4O4. The summed E-state index contributed by atoms with van der Waals surface area (Å²) in [7, 11) is 0. The van der Waals surface area contributed by atoms with E-state index in [1.54, 1.807) is 5.32 Å². The van der Waals surface area contributed by atoms with Gasteiger partial charge in [0.25, 0.3) is 6.43 Å². The third-order valence-electron chi connectivity index (χ3n) is 2.67. The van der Waals surface area contributed by atoms with Crippen molar-refractivity contribution in [2.45, 2.75) is 25.7 Å². The van der Waals surface area contributed by atoms with Crippen LogP contribution in [0, 0.1) is 10.1 Å². The fourth-order valence-electron chi connectivity index (χ4n) is 1.77. The van der Waals surface area contributed by atoms with Crippen LogP contribution in [0.5, 0.6) is 0 Å². The van der Waals surface area contributed by atoms with E-state index < -0.39 is 34.5 Å². The molecule has 0 fully saturated rings. The Hall–Kier alpha value is -2.17. The van der Waals surface area contributed by atoms with Crippen molar-refractivity contribution in [3.05, 3.63) is 44.1 Å². The Bertz CT molecular complexity index is 820. The lowest BCUT2D eigenvalue weighted by Gasteiger charge is -2.12. The number of benzene rings is 1. The van der Waals surface area contributed by atoms with Crippen molar-refractivity contribution < 1.29 is 23.6 Å². The first-order valence-electron chi connectivity index (χ1n) is 7.09. The van der Waals surface area contributed by atoms with Gasteiger partial charge in [-0.1, -0.05) is 23.2 Å². The van der Waals surface area contributed by atoms with E-state index in [1.165, 1.54) is 0 Å². The summed E-state index contributed by atoms with van der Waals surface area (Å²) in [4.78, 5) is 20.8. The van der Waals surface area contributed by atoms with Crippen molar-refractivity contribution in [3.8, 4) is 5.69 Å². The zero-order valence-electron chi connectivity index (χ0n) is 13.8. The number of nitrogens with zero attached hydrogens (tertiary/aromatic N) is 3. The van der Waals surface area contributed by atoms with E-state index in [9.17, 15) is 23.7 Å². The Balaban J connectivity index is 0.000000828. The molecule has 0 radical (unpaired) electrons. The molecule has 8 nitrogen and oxygen atoms in total. The molecule has 2 rings (SSSR count). The molecule has 0 spiro atoms. The maximum Gasteiger partial charge on any atom is 0.410 e. The minimum Gasteiger partial charge on any atom is -0.465 e. The van der Waals surface area contributed by atoms with Gasteiger partial charge >= 0.3 is 11.8 Å². The van der Waals surface area contributed by atoms with Gasteiger partial charge in [-0.15, -0.1) is 11.6 Å². The molecule has 13 heteroatoms. The van der Waals surface area contributed by atoms with Crippen LogP contribution in [-0.4, -0.2) is 31.3 Å². The molecule has 0 unspecified atom stereocenters. The summed E-state index contributed by atoms with van der Waals surface area (Å²) in [6, 6.07) is 1.82. The number of nitrogens with one attached hydrogen (secondary N) is 1. The summed E-state index contributed by atoms with van der Waals surface area (Å²) in [5.74, 6) is -0.531. The third-order valence-corrected chi connectivity index (χ3v) is 3.25. The second-order valence-electron chi connectivity index (χ2n) is 5.13. The van der Waals surface area contributed by atoms with Crippen LogP contribution in [0.15, 0.2) is 18.3 Å². The highest BCUT2D eigenvalue weighted by molar-refractivity contribution is 6.38. The molecule has 1 aromatic carbocycles. The number of aromatic nitrogens is 2. The smallest absolute Gasteiger partial charge is 0.410 e.